The molecular formula is C10H20F2N2O2. The van der Waals surface area contributed by atoms with Crippen molar-refractivity contribution in [1.29, 1.82) is 0 Å². The Morgan fingerprint density at radius 2 is 2.06 bits per heavy atom. The molecule has 0 aliphatic heterocycles. The number of carbonyl (C=O) groups excluding carboxylic acids is 1. The van der Waals surface area contributed by atoms with E-state index in [0.717, 1.165) is 6.54 Å². The second-order valence-corrected chi connectivity index (χ2v) is 3.68. The van der Waals surface area contributed by atoms with Crippen molar-refractivity contribution in [1.82, 2.24) is 10.6 Å². The van der Waals surface area contributed by atoms with E-state index in [1.54, 1.807) is 0 Å². The summed E-state index contributed by atoms with van der Waals surface area (Å²) < 4.78 is 27.9. The highest BCUT2D eigenvalue weighted by Gasteiger charge is 2.06. The quantitative estimate of drug-likeness (QED) is 0.579. The number of halogens is 2. The van der Waals surface area contributed by atoms with Crippen molar-refractivity contribution in [2.75, 3.05) is 33.4 Å². The first-order chi connectivity index (χ1) is 7.56. The van der Waals surface area contributed by atoms with Gasteiger partial charge in [0.1, 0.15) is 6.61 Å². The number of hydrogen-bond donors (Lipinski definition) is 2. The Morgan fingerprint density at radius 3 is 2.62 bits per heavy atom. The number of ether oxygens (including phenoxy) is 1. The summed E-state index contributed by atoms with van der Waals surface area (Å²) in [4.78, 5) is 11.2. The highest BCUT2D eigenvalue weighted by molar-refractivity contribution is 5.75. The van der Waals surface area contributed by atoms with Crippen LogP contribution < -0.4 is 10.6 Å². The molecular weight excluding hydrogens is 218 g/mol. The van der Waals surface area contributed by atoms with Gasteiger partial charge in [0.05, 0.1) is 6.61 Å². The third-order valence-electron chi connectivity index (χ3n) is 1.92. The molecule has 1 unspecified atom stereocenters. The lowest BCUT2D eigenvalue weighted by atomic mass is 10.2. The monoisotopic (exact) mass is 238 g/mol. The van der Waals surface area contributed by atoms with Gasteiger partial charge in [-0.15, -0.1) is 0 Å². The maximum atomic E-state index is 11.7. The first-order valence-electron chi connectivity index (χ1n) is 5.33. The summed E-state index contributed by atoms with van der Waals surface area (Å²) in [6.07, 6.45) is -2.35. The number of amides is 1. The summed E-state index contributed by atoms with van der Waals surface area (Å²) in [5, 5.41) is 5.71. The van der Waals surface area contributed by atoms with E-state index in [0.29, 0.717) is 12.5 Å². The van der Waals surface area contributed by atoms with Crippen LogP contribution in [-0.4, -0.2) is 45.7 Å². The molecule has 0 bridgehead atoms. The molecule has 0 spiro atoms. The minimum absolute atomic E-state index is 0.0383. The fourth-order valence-electron chi connectivity index (χ4n) is 1.13. The summed E-state index contributed by atoms with van der Waals surface area (Å²) in [5.74, 6) is 0.174. The highest BCUT2D eigenvalue weighted by Crippen LogP contribution is 1.94. The summed E-state index contributed by atoms with van der Waals surface area (Å²) >= 11 is 0. The van der Waals surface area contributed by atoms with Gasteiger partial charge in [-0.25, -0.2) is 8.78 Å². The first kappa shape index (κ1) is 15.2. The van der Waals surface area contributed by atoms with Crippen molar-refractivity contribution in [2.24, 2.45) is 5.92 Å². The van der Waals surface area contributed by atoms with Crippen molar-refractivity contribution >= 4 is 5.91 Å². The van der Waals surface area contributed by atoms with E-state index in [2.05, 4.69) is 15.4 Å². The van der Waals surface area contributed by atoms with E-state index in [9.17, 15) is 13.6 Å². The van der Waals surface area contributed by atoms with Gasteiger partial charge in [0.2, 0.25) is 5.91 Å². The Bertz CT molecular complexity index is 192. The van der Waals surface area contributed by atoms with Gasteiger partial charge in [0.25, 0.3) is 6.43 Å². The number of hydrogen-bond acceptors (Lipinski definition) is 3. The largest absolute Gasteiger partial charge is 0.375 e. The average Bonchev–Trinajstić information content (AvgIpc) is 2.22. The smallest absolute Gasteiger partial charge is 0.261 e. The van der Waals surface area contributed by atoms with Gasteiger partial charge < -0.3 is 15.4 Å². The minimum atomic E-state index is -2.47. The van der Waals surface area contributed by atoms with Crippen molar-refractivity contribution in [3.8, 4) is 0 Å². The van der Waals surface area contributed by atoms with Crippen LogP contribution in [0.4, 0.5) is 8.78 Å². The van der Waals surface area contributed by atoms with Crippen LogP contribution in [0.15, 0.2) is 0 Å². The standard InChI is InChI=1S/C10H20F2N2O2/c1-8(5-13-2)6-14-10(15)3-4-16-7-9(11)12/h8-9,13H,3-7H2,1-2H3,(H,14,15). The summed E-state index contributed by atoms with van der Waals surface area (Å²) in [6.45, 7) is 2.83. The third-order valence-corrected chi connectivity index (χ3v) is 1.92. The number of carbonyl (C=O) groups is 1. The van der Waals surface area contributed by atoms with Crippen LogP contribution in [0.2, 0.25) is 0 Å². The lowest BCUT2D eigenvalue weighted by Gasteiger charge is -2.11. The Hall–Kier alpha value is -0.750. The molecule has 0 aromatic carbocycles. The molecule has 1 atom stereocenters. The van der Waals surface area contributed by atoms with Gasteiger partial charge in [-0.3, -0.25) is 4.79 Å². The maximum Gasteiger partial charge on any atom is 0.261 e. The molecule has 0 radical (unpaired) electrons. The molecule has 0 aliphatic carbocycles. The molecule has 0 aromatic heterocycles. The average molecular weight is 238 g/mol. The lowest BCUT2D eigenvalue weighted by molar-refractivity contribution is -0.122. The molecule has 96 valence electrons. The Morgan fingerprint density at radius 1 is 1.38 bits per heavy atom. The van der Waals surface area contributed by atoms with Gasteiger partial charge >= 0.3 is 0 Å². The molecule has 0 aromatic rings. The molecule has 1 amide bonds. The Balaban J connectivity index is 3.37. The van der Waals surface area contributed by atoms with Crippen LogP contribution >= 0.6 is 0 Å². The molecule has 16 heavy (non-hydrogen) atoms. The van der Waals surface area contributed by atoms with Crippen LogP contribution in [-0.2, 0) is 9.53 Å². The van der Waals surface area contributed by atoms with Gasteiger partial charge in [0, 0.05) is 13.0 Å². The van der Waals surface area contributed by atoms with E-state index in [1.807, 2.05) is 14.0 Å². The van der Waals surface area contributed by atoms with Gasteiger partial charge in [-0.05, 0) is 19.5 Å². The topological polar surface area (TPSA) is 50.4 Å². The fourth-order valence-corrected chi connectivity index (χ4v) is 1.13. The molecule has 6 heteroatoms. The third kappa shape index (κ3) is 9.79. The second-order valence-electron chi connectivity index (χ2n) is 3.68. The number of nitrogens with one attached hydrogen (secondary N) is 2. The first-order valence-corrected chi connectivity index (χ1v) is 5.33. The fraction of sp³-hybridized carbons (Fsp3) is 0.900. The summed E-state index contributed by atoms with van der Waals surface area (Å²) in [7, 11) is 1.84. The van der Waals surface area contributed by atoms with E-state index >= 15 is 0 Å². The second kappa shape index (κ2) is 9.47. The van der Waals surface area contributed by atoms with Crippen LogP contribution in [0.3, 0.4) is 0 Å². The molecule has 0 saturated carbocycles. The zero-order valence-corrected chi connectivity index (χ0v) is 9.76. The number of rotatable bonds is 9. The highest BCUT2D eigenvalue weighted by atomic mass is 19.3. The summed E-state index contributed by atoms with van der Waals surface area (Å²) in [6, 6.07) is 0. The molecule has 0 saturated heterocycles. The molecule has 0 fully saturated rings. The van der Waals surface area contributed by atoms with E-state index < -0.39 is 13.0 Å². The van der Waals surface area contributed by atoms with Crippen molar-refractivity contribution in [2.45, 2.75) is 19.8 Å². The van der Waals surface area contributed by atoms with Gasteiger partial charge in [-0.1, -0.05) is 6.92 Å². The SMILES string of the molecule is CNCC(C)CNC(=O)CCOCC(F)F. The molecule has 0 heterocycles. The van der Waals surface area contributed by atoms with Crippen LogP contribution in [0.5, 0.6) is 0 Å². The van der Waals surface area contributed by atoms with E-state index in [1.165, 1.54) is 0 Å². The van der Waals surface area contributed by atoms with Crippen LogP contribution in [0, 0.1) is 5.92 Å². The van der Waals surface area contributed by atoms with E-state index in [-0.39, 0.29) is 18.9 Å². The Kier molecular flexibility index (Phi) is 9.03. The normalized spacial score (nSPS) is 12.8. The number of alkyl halides is 2. The van der Waals surface area contributed by atoms with Crippen molar-refractivity contribution in [3.63, 3.8) is 0 Å². The lowest BCUT2D eigenvalue weighted by Crippen LogP contribution is -2.32. The molecule has 2 N–H and O–H groups in total. The predicted molar refractivity (Wildman–Crippen MR) is 57.5 cm³/mol. The van der Waals surface area contributed by atoms with Crippen molar-refractivity contribution in [3.05, 3.63) is 0 Å². The van der Waals surface area contributed by atoms with E-state index in [4.69, 9.17) is 0 Å². The maximum absolute atomic E-state index is 11.7. The van der Waals surface area contributed by atoms with Gasteiger partial charge in [-0.2, -0.15) is 0 Å². The van der Waals surface area contributed by atoms with Gasteiger partial charge in [0.15, 0.2) is 0 Å². The zero-order chi connectivity index (χ0) is 12.4. The Labute approximate surface area is 94.7 Å². The van der Waals surface area contributed by atoms with Crippen LogP contribution in [0.1, 0.15) is 13.3 Å². The molecule has 0 aliphatic rings. The zero-order valence-electron chi connectivity index (χ0n) is 9.76. The summed E-state index contributed by atoms with van der Waals surface area (Å²) in [5.41, 5.74) is 0. The predicted octanol–water partition coefficient (Wildman–Crippen LogP) is 0.630. The van der Waals surface area contributed by atoms with Crippen molar-refractivity contribution < 1.29 is 18.3 Å². The molecule has 0 rings (SSSR count). The minimum Gasteiger partial charge on any atom is -0.375 e. The molecule has 4 nitrogen and oxygen atoms in total. The van der Waals surface area contributed by atoms with Crippen LogP contribution in [0.25, 0.3) is 0 Å².